The van der Waals surface area contributed by atoms with E-state index in [0.717, 1.165) is 39.1 Å². The maximum Gasteiger partial charge on any atom is 0.408 e. The van der Waals surface area contributed by atoms with Crippen molar-refractivity contribution in [2.75, 3.05) is 26.8 Å². The Morgan fingerprint density at radius 3 is 2.20 bits per heavy atom. The van der Waals surface area contributed by atoms with Gasteiger partial charge in [0.15, 0.2) is 11.5 Å². The van der Waals surface area contributed by atoms with E-state index >= 15 is 0 Å². The Bertz CT molecular complexity index is 1830. The molecule has 0 saturated heterocycles. The van der Waals surface area contributed by atoms with Crippen molar-refractivity contribution in [3.8, 4) is 28.4 Å². The van der Waals surface area contributed by atoms with Crippen LogP contribution in [0, 0.1) is 0 Å². The predicted octanol–water partition coefficient (Wildman–Crippen LogP) is 8.00. The van der Waals surface area contributed by atoms with Crippen molar-refractivity contribution in [1.29, 1.82) is 0 Å². The first-order valence-electron chi connectivity index (χ1n) is 17.2. The highest BCUT2D eigenvalue weighted by Gasteiger charge is 2.38. The third-order valence-electron chi connectivity index (χ3n) is 9.10. The zero-order chi connectivity index (χ0) is 35.4. The third kappa shape index (κ3) is 7.47. The Morgan fingerprint density at radius 2 is 1.60 bits per heavy atom. The monoisotopic (exact) mass is 675 g/mol. The van der Waals surface area contributed by atoms with Crippen LogP contribution in [0.5, 0.6) is 17.2 Å². The van der Waals surface area contributed by atoms with Crippen LogP contribution in [0.25, 0.3) is 11.1 Å². The molecule has 0 fully saturated rings. The van der Waals surface area contributed by atoms with Crippen molar-refractivity contribution < 1.29 is 28.9 Å². The van der Waals surface area contributed by atoms with Crippen molar-refractivity contribution in [2.45, 2.75) is 64.5 Å². The van der Waals surface area contributed by atoms with E-state index < -0.39 is 12.1 Å². The number of fused-ring (bicyclic) bond motifs is 3. The number of nitrogens with zero attached hydrogens (tertiary/aromatic N) is 3. The van der Waals surface area contributed by atoms with Gasteiger partial charge in [0, 0.05) is 31.0 Å². The lowest BCUT2D eigenvalue weighted by Crippen LogP contribution is -2.52. The van der Waals surface area contributed by atoms with E-state index in [4.69, 9.17) is 19.3 Å². The van der Waals surface area contributed by atoms with Crippen LogP contribution in [0.4, 0.5) is 4.79 Å². The van der Waals surface area contributed by atoms with E-state index in [1.54, 1.807) is 7.11 Å². The number of benzene rings is 4. The first kappa shape index (κ1) is 34.5. The third-order valence-corrected chi connectivity index (χ3v) is 9.10. The summed E-state index contributed by atoms with van der Waals surface area (Å²) in [5.74, 6) is 1.33. The van der Waals surface area contributed by atoms with Crippen LogP contribution in [0.2, 0.25) is 0 Å². The van der Waals surface area contributed by atoms with Crippen LogP contribution >= 0.6 is 0 Å². The number of methoxy groups -OCH3 is 1. The molecule has 6 rings (SSSR count). The molecule has 4 aromatic carbocycles. The molecule has 1 heterocycles. The topological polar surface area (TPSA) is 101 Å². The van der Waals surface area contributed by atoms with Crippen molar-refractivity contribution in [3.05, 3.63) is 113 Å². The average molecular weight is 676 g/mol. The molecule has 0 aromatic heterocycles. The highest BCUT2D eigenvalue weighted by Crippen LogP contribution is 2.45. The van der Waals surface area contributed by atoms with Crippen molar-refractivity contribution in [3.63, 3.8) is 0 Å². The lowest BCUT2D eigenvalue weighted by atomic mass is 9.94. The van der Waals surface area contributed by atoms with Gasteiger partial charge in [-0.25, -0.2) is 9.80 Å². The van der Waals surface area contributed by atoms with Gasteiger partial charge in [0.1, 0.15) is 17.4 Å². The van der Waals surface area contributed by atoms with Gasteiger partial charge in [0.05, 0.1) is 19.4 Å². The van der Waals surface area contributed by atoms with Crippen molar-refractivity contribution >= 4 is 17.7 Å². The SMILES string of the molecule is CCOc1cc(C2=NN(C(=O)C(Cc3ccc(OC(C)(C)C)cc3)N(CC3c4ccccc4-c4ccccc43)C(=O)O)CCC2)ccc1OC. The summed E-state index contributed by atoms with van der Waals surface area (Å²) in [5, 5.41) is 17.1. The van der Waals surface area contributed by atoms with E-state index in [1.807, 2.05) is 94.4 Å². The van der Waals surface area contributed by atoms with Crippen LogP contribution in [0.1, 0.15) is 68.7 Å². The van der Waals surface area contributed by atoms with Gasteiger partial charge in [-0.05, 0) is 98.7 Å². The van der Waals surface area contributed by atoms with E-state index in [2.05, 4.69) is 24.3 Å². The Hall–Kier alpha value is -5.31. The van der Waals surface area contributed by atoms with E-state index in [1.165, 1.54) is 9.91 Å². The van der Waals surface area contributed by atoms with E-state index in [0.29, 0.717) is 43.2 Å². The van der Waals surface area contributed by atoms with Crippen LogP contribution in [-0.2, 0) is 11.2 Å². The highest BCUT2D eigenvalue weighted by atomic mass is 16.5. The lowest BCUT2D eigenvalue weighted by Gasteiger charge is -2.34. The summed E-state index contributed by atoms with van der Waals surface area (Å²) >= 11 is 0. The maximum absolute atomic E-state index is 14.7. The fourth-order valence-electron chi connectivity index (χ4n) is 6.89. The number of hydrazone groups is 1. The zero-order valence-corrected chi connectivity index (χ0v) is 29.4. The fraction of sp³-hybridized carbons (Fsp3) is 0.341. The summed E-state index contributed by atoms with van der Waals surface area (Å²) in [4.78, 5) is 29.2. The van der Waals surface area contributed by atoms with Gasteiger partial charge in [-0.3, -0.25) is 9.69 Å². The molecule has 1 aliphatic heterocycles. The van der Waals surface area contributed by atoms with Gasteiger partial charge in [-0.1, -0.05) is 60.7 Å². The quantitative estimate of drug-likeness (QED) is 0.173. The van der Waals surface area contributed by atoms with Crippen LogP contribution < -0.4 is 14.2 Å². The number of hydrogen-bond acceptors (Lipinski definition) is 6. The Balaban J connectivity index is 1.36. The molecule has 9 heteroatoms. The number of carboxylic acid groups (broad SMARTS) is 1. The summed E-state index contributed by atoms with van der Waals surface area (Å²) in [5.41, 5.74) is 6.30. The largest absolute Gasteiger partial charge is 0.493 e. The second-order valence-electron chi connectivity index (χ2n) is 13.7. The van der Waals surface area contributed by atoms with Crippen molar-refractivity contribution in [1.82, 2.24) is 9.91 Å². The fourth-order valence-corrected chi connectivity index (χ4v) is 6.89. The molecule has 0 spiro atoms. The van der Waals surface area contributed by atoms with Crippen molar-refractivity contribution in [2.24, 2.45) is 5.10 Å². The van der Waals surface area contributed by atoms with Gasteiger partial charge in [-0.2, -0.15) is 5.10 Å². The van der Waals surface area contributed by atoms with Crippen LogP contribution in [-0.4, -0.2) is 71.2 Å². The number of amides is 2. The summed E-state index contributed by atoms with van der Waals surface area (Å²) in [6, 6.07) is 28.3. The lowest BCUT2D eigenvalue weighted by molar-refractivity contribution is -0.136. The zero-order valence-electron chi connectivity index (χ0n) is 29.4. The number of ether oxygens (including phenoxy) is 3. The summed E-state index contributed by atoms with van der Waals surface area (Å²) in [6.07, 6.45) is 0.369. The first-order chi connectivity index (χ1) is 24.1. The van der Waals surface area contributed by atoms with Crippen LogP contribution in [0.15, 0.2) is 96.1 Å². The number of rotatable bonds is 11. The maximum atomic E-state index is 14.7. The molecular weight excluding hydrogens is 630 g/mol. The first-order valence-corrected chi connectivity index (χ1v) is 17.2. The molecule has 0 radical (unpaired) electrons. The van der Waals surface area contributed by atoms with Gasteiger partial charge in [-0.15, -0.1) is 0 Å². The molecule has 1 atom stereocenters. The minimum Gasteiger partial charge on any atom is -0.493 e. The minimum absolute atomic E-state index is 0.117. The standard InChI is InChI=1S/C41H45N3O6/c1-6-49-38-25-28(19-22-37(38)48-5)35-16-11-23-44(42-35)39(45)36(24-27-17-20-29(21-18-27)50-41(2,3)4)43(40(46)47)26-34-32-14-9-7-12-30(32)31-13-8-10-15-33(31)34/h7-10,12-15,17-22,25,34,36H,6,11,16,23-24,26H2,1-5H3,(H,46,47). The molecule has 260 valence electrons. The van der Waals surface area contributed by atoms with Gasteiger partial charge >= 0.3 is 6.09 Å². The Kier molecular flexibility index (Phi) is 10.1. The second kappa shape index (κ2) is 14.7. The molecular formula is C41H45N3O6. The van der Waals surface area contributed by atoms with Gasteiger partial charge < -0.3 is 19.3 Å². The number of carbonyl (C=O) groups is 2. The molecule has 2 amide bonds. The Morgan fingerprint density at radius 1 is 0.940 bits per heavy atom. The molecule has 1 N–H and O–H groups in total. The summed E-state index contributed by atoms with van der Waals surface area (Å²) in [6.45, 7) is 8.83. The second-order valence-corrected chi connectivity index (χ2v) is 13.7. The van der Waals surface area contributed by atoms with Gasteiger partial charge in [0.25, 0.3) is 5.91 Å². The summed E-state index contributed by atoms with van der Waals surface area (Å²) < 4.78 is 17.3. The minimum atomic E-state index is -1.16. The molecule has 4 aromatic rings. The summed E-state index contributed by atoms with van der Waals surface area (Å²) in [7, 11) is 1.60. The normalized spacial score (nSPS) is 14.7. The molecule has 9 nitrogen and oxygen atoms in total. The van der Waals surface area contributed by atoms with E-state index in [-0.39, 0.29) is 30.4 Å². The molecule has 2 aliphatic rings. The van der Waals surface area contributed by atoms with Gasteiger partial charge in [0.2, 0.25) is 0 Å². The average Bonchev–Trinajstić information content (AvgIpc) is 3.43. The highest BCUT2D eigenvalue weighted by molar-refractivity contribution is 6.02. The number of hydrogen-bond donors (Lipinski definition) is 1. The van der Waals surface area contributed by atoms with Crippen LogP contribution in [0.3, 0.4) is 0 Å². The molecule has 1 unspecified atom stereocenters. The molecule has 50 heavy (non-hydrogen) atoms. The number of carbonyl (C=O) groups excluding carboxylic acids is 1. The van der Waals surface area contributed by atoms with E-state index in [9.17, 15) is 14.7 Å². The Labute approximate surface area is 294 Å². The predicted molar refractivity (Wildman–Crippen MR) is 194 cm³/mol. The molecule has 0 bridgehead atoms. The molecule has 0 saturated carbocycles. The molecule has 1 aliphatic carbocycles. The smallest absolute Gasteiger partial charge is 0.408 e.